The predicted molar refractivity (Wildman–Crippen MR) is 62.9 cm³/mol. The van der Waals surface area contributed by atoms with Gasteiger partial charge in [0.25, 0.3) is 5.91 Å². The Morgan fingerprint density at radius 3 is 2.35 bits per heavy atom. The number of carbonyl (C=O) groups is 2. The van der Waals surface area contributed by atoms with E-state index in [9.17, 15) is 9.59 Å². The fraction of sp³-hybridized carbons (Fsp3) is 0.385. The second kappa shape index (κ2) is 4.57. The molecule has 90 valence electrons. The molecule has 1 aromatic rings. The topological polar surface area (TPSA) is 57.6 Å². The molecule has 1 saturated carbocycles. The molecule has 0 heterocycles. The Bertz CT molecular complexity index is 434. The molecule has 2 rings (SSSR count). The number of nitrogens with zero attached hydrogens (tertiary/aromatic N) is 1. The summed E-state index contributed by atoms with van der Waals surface area (Å²) < 4.78 is 0. The first-order valence-electron chi connectivity index (χ1n) is 5.67. The Labute approximate surface area is 99.9 Å². The van der Waals surface area contributed by atoms with Crippen LogP contribution in [-0.4, -0.2) is 34.5 Å². The van der Waals surface area contributed by atoms with Gasteiger partial charge in [-0.25, -0.2) is 0 Å². The number of aliphatic carboxylic acids is 1. The van der Waals surface area contributed by atoms with Crippen molar-refractivity contribution < 1.29 is 14.7 Å². The smallest absolute Gasteiger partial charge is 0.323 e. The summed E-state index contributed by atoms with van der Waals surface area (Å²) in [5.41, 5.74) is 1.64. The Morgan fingerprint density at radius 2 is 1.88 bits per heavy atom. The van der Waals surface area contributed by atoms with Crippen LogP contribution in [0.3, 0.4) is 0 Å². The second-order valence-electron chi connectivity index (χ2n) is 4.42. The minimum atomic E-state index is -0.961. The average Bonchev–Trinajstić information content (AvgIpc) is 3.09. The third-order valence-electron chi connectivity index (χ3n) is 2.85. The van der Waals surface area contributed by atoms with E-state index in [2.05, 4.69) is 0 Å². The first-order chi connectivity index (χ1) is 8.08. The van der Waals surface area contributed by atoms with Gasteiger partial charge in [-0.2, -0.15) is 0 Å². The summed E-state index contributed by atoms with van der Waals surface area (Å²) in [6, 6.07) is 7.32. The van der Waals surface area contributed by atoms with Gasteiger partial charge in [-0.15, -0.1) is 0 Å². The number of hydrogen-bond acceptors (Lipinski definition) is 2. The molecule has 1 fully saturated rings. The van der Waals surface area contributed by atoms with E-state index in [0.717, 1.165) is 18.4 Å². The lowest BCUT2D eigenvalue weighted by Gasteiger charge is -2.20. The maximum Gasteiger partial charge on any atom is 0.323 e. The molecule has 0 aromatic heterocycles. The lowest BCUT2D eigenvalue weighted by Crippen LogP contribution is -2.37. The van der Waals surface area contributed by atoms with Crippen LogP contribution in [0.15, 0.2) is 24.3 Å². The van der Waals surface area contributed by atoms with Gasteiger partial charge in [0.15, 0.2) is 0 Å². The van der Waals surface area contributed by atoms with Gasteiger partial charge < -0.3 is 10.0 Å². The Kier molecular flexibility index (Phi) is 3.13. The molecule has 0 spiro atoms. The van der Waals surface area contributed by atoms with Crippen molar-refractivity contribution >= 4 is 11.9 Å². The average molecular weight is 233 g/mol. The molecule has 0 radical (unpaired) electrons. The number of carboxylic acids is 1. The van der Waals surface area contributed by atoms with Crippen molar-refractivity contribution in [2.45, 2.75) is 25.8 Å². The summed E-state index contributed by atoms with van der Waals surface area (Å²) in [6.45, 7) is 1.74. The fourth-order valence-electron chi connectivity index (χ4n) is 1.76. The molecule has 0 aliphatic heterocycles. The summed E-state index contributed by atoms with van der Waals surface area (Å²) in [5, 5.41) is 8.81. The van der Waals surface area contributed by atoms with Gasteiger partial charge >= 0.3 is 5.97 Å². The molecule has 0 bridgehead atoms. The van der Waals surface area contributed by atoms with Crippen molar-refractivity contribution in [3.63, 3.8) is 0 Å². The summed E-state index contributed by atoms with van der Waals surface area (Å²) in [6.07, 6.45) is 1.82. The summed E-state index contributed by atoms with van der Waals surface area (Å²) in [4.78, 5) is 24.3. The SMILES string of the molecule is Cc1ccc(C(=O)N(CC(=O)O)C2CC2)cc1. The van der Waals surface area contributed by atoms with Crippen molar-refractivity contribution in [2.24, 2.45) is 0 Å². The van der Waals surface area contributed by atoms with Crippen LogP contribution in [0, 0.1) is 6.92 Å². The van der Waals surface area contributed by atoms with Gasteiger partial charge in [0, 0.05) is 11.6 Å². The molecule has 4 heteroatoms. The van der Waals surface area contributed by atoms with Crippen LogP contribution >= 0.6 is 0 Å². The zero-order valence-electron chi connectivity index (χ0n) is 9.72. The van der Waals surface area contributed by atoms with Crippen LogP contribution in [0.5, 0.6) is 0 Å². The fourth-order valence-corrected chi connectivity index (χ4v) is 1.76. The minimum Gasteiger partial charge on any atom is -0.480 e. The molecular weight excluding hydrogens is 218 g/mol. The van der Waals surface area contributed by atoms with Gasteiger partial charge in [-0.3, -0.25) is 9.59 Å². The highest BCUT2D eigenvalue weighted by Crippen LogP contribution is 2.28. The summed E-state index contributed by atoms with van der Waals surface area (Å²) >= 11 is 0. The van der Waals surface area contributed by atoms with Crippen molar-refractivity contribution in [1.29, 1.82) is 0 Å². The second-order valence-corrected chi connectivity index (χ2v) is 4.42. The Balaban J connectivity index is 2.15. The molecule has 0 saturated heterocycles. The molecular formula is C13H15NO3. The van der Waals surface area contributed by atoms with E-state index in [4.69, 9.17) is 5.11 Å². The van der Waals surface area contributed by atoms with Gasteiger partial charge in [0.05, 0.1) is 0 Å². The summed E-state index contributed by atoms with van der Waals surface area (Å²) in [7, 11) is 0. The number of aryl methyl sites for hydroxylation is 1. The van der Waals surface area contributed by atoms with Crippen molar-refractivity contribution in [3.05, 3.63) is 35.4 Å². The lowest BCUT2D eigenvalue weighted by molar-refractivity contribution is -0.137. The maximum atomic E-state index is 12.1. The highest BCUT2D eigenvalue weighted by Gasteiger charge is 2.34. The molecule has 4 nitrogen and oxygen atoms in total. The van der Waals surface area contributed by atoms with E-state index in [1.807, 2.05) is 19.1 Å². The van der Waals surface area contributed by atoms with Gasteiger partial charge in [-0.05, 0) is 31.9 Å². The van der Waals surface area contributed by atoms with Crippen LogP contribution < -0.4 is 0 Å². The van der Waals surface area contributed by atoms with Gasteiger partial charge in [0.1, 0.15) is 6.54 Å². The molecule has 1 amide bonds. The molecule has 17 heavy (non-hydrogen) atoms. The maximum absolute atomic E-state index is 12.1. The highest BCUT2D eigenvalue weighted by molar-refractivity contribution is 5.96. The number of rotatable bonds is 4. The Morgan fingerprint density at radius 1 is 1.29 bits per heavy atom. The van der Waals surface area contributed by atoms with E-state index < -0.39 is 5.97 Å². The molecule has 1 aromatic carbocycles. The third kappa shape index (κ3) is 2.84. The van der Waals surface area contributed by atoms with E-state index in [1.54, 1.807) is 12.1 Å². The summed E-state index contributed by atoms with van der Waals surface area (Å²) in [5.74, 6) is -1.15. The molecule has 1 aliphatic carbocycles. The quantitative estimate of drug-likeness (QED) is 0.860. The van der Waals surface area contributed by atoms with Crippen LogP contribution in [0.2, 0.25) is 0 Å². The number of carboxylic acid groups (broad SMARTS) is 1. The monoisotopic (exact) mass is 233 g/mol. The first kappa shape index (κ1) is 11.6. The minimum absolute atomic E-state index is 0.111. The molecule has 0 atom stereocenters. The first-order valence-corrected chi connectivity index (χ1v) is 5.67. The highest BCUT2D eigenvalue weighted by atomic mass is 16.4. The lowest BCUT2D eigenvalue weighted by atomic mass is 10.1. The number of benzene rings is 1. The predicted octanol–water partition coefficient (Wildman–Crippen LogP) is 1.68. The number of amides is 1. The van der Waals surface area contributed by atoms with Crippen molar-refractivity contribution in [3.8, 4) is 0 Å². The normalized spacial score (nSPS) is 14.4. The molecule has 0 unspecified atom stereocenters. The van der Waals surface area contributed by atoms with Gasteiger partial charge in [0.2, 0.25) is 0 Å². The standard InChI is InChI=1S/C13H15NO3/c1-9-2-4-10(5-3-9)13(17)14(8-12(15)16)11-6-7-11/h2-5,11H,6-8H2,1H3,(H,15,16). The van der Waals surface area contributed by atoms with Gasteiger partial charge in [-0.1, -0.05) is 17.7 Å². The third-order valence-corrected chi connectivity index (χ3v) is 2.85. The van der Waals surface area contributed by atoms with Crippen LogP contribution in [0.1, 0.15) is 28.8 Å². The van der Waals surface area contributed by atoms with E-state index in [0.29, 0.717) is 5.56 Å². The molecule has 1 N–H and O–H groups in total. The number of hydrogen-bond donors (Lipinski definition) is 1. The zero-order valence-corrected chi connectivity index (χ0v) is 9.72. The molecule has 1 aliphatic rings. The van der Waals surface area contributed by atoms with E-state index in [-0.39, 0.29) is 18.5 Å². The van der Waals surface area contributed by atoms with E-state index >= 15 is 0 Å². The van der Waals surface area contributed by atoms with Crippen LogP contribution in [-0.2, 0) is 4.79 Å². The van der Waals surface area contributed by atoms with E-state index in [1.165, 1.54) is 4.90 Å². The number of carbonyl (C=O) groups excluding carboxylic acids is 1. The van der Waals surface area contributed by atoms with Crippen LogP contribution in [0.4, 0.5) is 0 Å². The largest absolute Gasteiger partial charge is 0.480 e. The van der Waals surface area contributed by atoms with Crippen molar-refractivity contribution in [2.75, 3.05) is 6.54 Å². The van der Waals surface area contributed by atoms with Crippen molar-refractivity contribution in [1.82, 2.24) is 4.90 Å². The Hall–Kier alpha value is -1.84. The van der Waals surface area contributed by atoms with Crippen LogP contribution in [0.25, 0.3) is 0 Å². The zero-order chi connectivity index (χ0) is 12.4.